The van der Waals surface area contributed by atoms with Gasteiger partial charge in [0.15, 0.2) is 0 Å². The number of carbonyl (C=O) groups is 1. The summed E-state index contributed by atoms with van der Waals surface area (Å²) in [6, 6.07) is 11.0. The number of halogens is 2. The lowest BCUT2D eigenvalue weighted by Gasteiger charge is -2.10. The molecule has 0 aliphatic heterocycles. The Morgan fingerprint density at radius 1 is 1.26 bits per heavy atom. The predicted molar refractivity (Wildman–Crippen MR) is 92.7 cm³/mol. The number of amides is 1. The molecule has 0 aliphatic rings. The number of anilines is 1. The normalized spacial score (nSPS) is 10.5. The van der Waals surface area contributed by atoms with E-state index in [1.54, 1.807) is 29.2 Å². The van der Waals surface area contributed by atoms with Crippen molar-refractivity contribution in [2.75, 3.05) is 5.32 Å². The van der Waals surface area contributed by atoms with Gasteiger partial charge in [-0.05, 0) is 33.6 Å². The van der Waals surface area contributed by atoms with Crippen molar-refractivity contribution in [3.05, 3.63) is 75.6 Å². The standard InChI is InChI=1S/C16H12BrClN4O/c17-13-7-12(8-19-9-13)16(23)21-15-5-6-20-22(15)10-11-3-1-2-4-14(11)18/h1-9H,10H2,(H,21,23). The van der Waals surface area contributed by atoms with Crippen LogP contribution in [0.1, 0.15) is 15.9 Å². The summed E-state index contributed by atoms with van der Waals surface area (Å²) in [5.41, 5.74) is 1.39. The molecule has 23 heavy (non-hydrogen) atoms. The molecule has 0 spiro atoms. The summed E-state index contributed by atoms with van der Waals surface area (Å²) < 4.78 is 2.43. The fourth-order valence-electron chi connectivity index (χ4n) is 2.08. The zero-order valence-electron chi connectivity index (χ0n) is 11.9. The minimum Gasteiger partial charge on any atom is -0.307 e. The summed E-state index contributed by atoms with van der Waals surface area (Å²) in [5, 5.41) is 7.73. The monoisotopic (exact) mass is 390 g/mol. The highest BCUT2D eigenvalue weighted by atomic mass is 79.9. The first-order valence-corrected chi connectivity index (χ1v) is 7.98. The zero-order chi connectivity index (χ0) is 16.2. The lowest BCUT2D eigenvalue weighted by atomic mass is 10.2. The summed E-state index contributed by atoms with van der Waals surface area (Å²) in [4.78, 5) is 16.3. The molecule has 0 aliphatic carbocycles. The summed E-state index contributed by atoms with van der Waals surface area (Å²) >= 11 is 9.47. The number of pyridine rings is 1. The van der Waals surface area contributed by atoms with Gasteiger partial charge in [-0.15, -0.1) is 0 Å². The van der Waals surface area contributed by atoms with E-state index in [2.05, 4.69) is 31.3 Å². The number of rotatable bonds is 4. The Morgan fingerprint density at radius 3 is 2.87 bits per heavy atom. The minimum absolute atomic E-state index is 0.250. The average molecular weight is 392 g/mol. The van der Waals surface area contributed by atoms with Gasteiger partial charge >= 0.3 is 0 Å². The number of hydrogen-bond acceptors (Lipinski definition) is 3. The molecule has 0 unspecified atom stereocenters. The topological polar surface area (TPSA) is 59.8 Å². The van der Waals surface area contributed by atoms with Crippen molar-refractivity contribution >= 4 is 39.3 Å². The molecule has 116 valence electrons. The molecule has 3 aromatic rings. The van der Waals surface area contributed by atoms with Crippen LogP contribution in [0.25, 0.3) is 0 Å². The second-order valence-corrected chi connectivity index (χ2v) is 6.13. The molecule has 0 saturated heterocycles. The van der Waals surface area contributed by atoms with E-state index in [0.29, 0.717) is 22.9 Å². The first-order chi connectivity index (χ1) is 11.1. The van der Waals surface area contributed by atoms with Gasteiger partial charge in [0.25, 0.3) is 5.91 Å². The zero-order valence-corrected chi connectivity index (χ0v) is 14.3. The molecular formula is C16H12BrClN4O. The Bertz CT molecular complexity index is 849. The molecule has 2 heterocycles. The predicted octanol–water partition coefficient (Wildman–Crippen LogP) is 3.99. The highest BCUT2D eigenvalue weighted by molar-refractivity contribution is 9.10. The van der Waals surface area contributed by atoms with Crippen LogP contribution in [-0.4, -0.2) is 20.7 Å². The van der Waals surface area contributed by atoms with Crippen molar-refractivity contribution in [3.8, 4) is 0 Å². The van der Waals surface area contributed by atoms with E-state index < -0.39 is 0 Å². The van der Waals surface area contributed by atoms with Crippen molar-refractivity contribution in [3.63, 3.8) is 0 Å². The molecule has 0 atom stereocenters. The van der Waals surface area contributed by atoms with E-state index in [0.717, 1.165) is 10.0 Å². The Balaban J connectivity index is 1.79. The SMILES string of the molecule is O=C(Nc1ccnn1Cc1ccccc1Cl)c1cncc(Br)c1. The number of benzene rings is 1. The Kier molecular flexibility index (Phi) is 4.73. The number of nitrogens with one attached hydrogen (secondary N) is 1. The maximum Gasteiger partial charge on any atom is 0.258 e. The van der Waals surface area contributed by atoms with Crippen molar-refractivity contribution < 1.29 is 4.79 Å². The highest BCUT2D eigenvalue weighted by Gasteiger charge is 2.11. The molecule has 0 radical (unpaired) electrons. The van der Waals surface area contributed by atoms with Gasteiger partial charge in [0, 0.05) is 28.0 Å². The van der Waals surface area contributed by atoms with E-state index in [-0.39, 0.29) is 5.91 Å². The molecule has 5 nitrogen and oxygen atoms in total. The summed E-state index contributed by atoms with van der Waals surface area (Å²) in [5.74, 6) is 0.342. The van der Waals surface area contributed by atoms with Gasteiger partial charge in [-0.25, -0.2) is 4.68 Å². The van der Waals surface area contributed by atoms with Crippen LogP contribution in [-0.2, 0) is 6.54 Å². The van der Waals surface area contributed by atoms with Crippen molar-refractivity contribution in [2.45, 2.75) is 6.54 Å². The van der Waals surface area contributed by atoms with Crippen LogP contribution in [0.15, 0.2) is 59.5 Å². The van der Waals surface area contributed by atoms with Crippen LogP contribution in [0.2, 0.25) is 5.02 Å². The molecule has 0 saturated carbocycles. The van der Waals surface area contributed by atoms with E-state index in [9.17, 15) is 4.79 Å². The largest absolute Gasteiger partial charge is 0.307 e. The van der Waals surface area contributed by atoms with E-state index in [1.165, 1.54) is 6.20 Å². The minimum atomic E-state index is -0.250. The molecular weight excluding hydrogens is 380 g/mol. The summed E-state index contributed by atoms with van der Waals surface area (Å²) in [6.45, 7) is 0.471. The molecule has 7 heteroatoms. The van der Waals surface area contributed by atoms with Gasteiger partial charge in [-0.2, -0.15) is 5.10 Å². The second-order valence-electron chi connectivity index (χ2n) is 4.81. The Labute approximate surface area is 146 Å². The van der Waals surface area contributed by atoms with E-state index in [1.807, 2.05) is 24.3 Å². The first-order valence-electron chi connectivity index (χ1n) is 6.80. The van der Waals surface area contributed by atoms with Crippen molar-refractivity contribution in [1.29, 1.82) is 0 Å². The summed E-state index contributed by atoms with van der Waals surface area (Å²) in [7, 11) is 0. The van der Waals surface area contributed by atoms with E-state index in [4.69, 9.17) is 11.6 Å². The van der Waals surface area contributed by atoms with Gasteiger partial charge in [0.2, 0.25) is 0 Å². The van der Waals surface area contributed by atoms with Crippen molar-refractivity contribution in [2.24, 2.45) is 0 Å². The molecule has 1 N–H and O–H groups in total. The molecule has 0 bridgehead atoms. The summed E-state index contributed by atoms with van der Waals surface area (Å²) in [6.07, 6.45) is 4.76. The maximum absolute atomic E-state index is 12.3. The van der Waals surface area contributed by atoms with E-state index >= 15 is 0 Å². The number of aromatic nitrogens is 3. The van der Waals surface area contributed by atoms with Crippen LogP contribution < -0.4 is 5.32 Å². The molecule has 0 fully saturated rings. The first kappa shape index (κ1) is 15.7. The Morgan fingerprint density at radius 2 is 2.09 bits per heavy atom. The molecule has 2 aromatic heterocycles. The third-order valence-electron chi connectivity index (χ3n) is 3.20. The third-order valence-corrected chi connectivity index (χ3v) is 4.01. The lowest BCUT2D eigenvalue weighted by molar-refractivity contribution is 0.102. The maximum atomic E-state index is 12.3. The van der Waals surface area contributed by atoms with Gasteiger partial charge < -0.3 is 5.32 Å². The van der Waals surface area contributed by atoms with Gasteiger partial charge in [-0.3, -0.25) is 9.78 Å². The third kappa shape index (κ3) is 3.78. The smallest absolute Gasteiger partial charge is 0.258 e. The lowest BCUT2D eigenvalue weighted by Crippen LogP contribution is -2.16. The van der Waals surface area contributed by atoms with Crippen LogP contribution in [0, 0.1) is 0 Å². The van der Waals surface area contributed by atoms with Crippen LogP contribution in [0.3, 0.4) is 0 Å². The number of nitrogens with zero attached hydrogens (tertiary/aromatic N) is 3. The number of hydrogen-bond donors (Lipinski definition) is 1. The van der Waals surface area contributed by atoms with Gasteiger partial charge in [0.1, 0.15) is 5.82 Å². The van der Waals surface area contributed by atoms with Crippen LogP contribution in [0.5, 0.6) is 0 Å². The van der Waals surface area contributed by atoms with Gasteiger partial charge in [-0.1, -0.05) is 29.8 Å². The van der Waals surface area contributed by atoms with Crippen molar-refractivity contribution in [1.82, 2.24) is 14.8 Å². The van der Waals surface area contributed by atoms with Crippen LogP contribution in [0.4, 0.5) is 5.82 Å². The average Bonchev–Trinajstić information content (AvgIpc) is 2.96. The molecule has 1 aromatic carbocycles. The van der Waals surface area contributed by atoms with Crippen LogP contribution >= 0.6 is 27.5 Å². The quantitative estimate of drug-likeness (QED) is 0.731. The highest BCUT2D eigenvalue weighted by Crippen LogP contribution is 2.18. The molecule has 1 amide bonds. The second kappa shape index (κ2) is 6.93. The molecule has 3 rings (SSSR count). The fourth-order valence-corrected chi connectivity index (χ4v) is 2.64. The number of carbonyl (C=O) groups excluding carboxylic acids is 1. The Hall–Kier alpha value is -2.18. The van der Waals surface area contributed by atoms with Gasteiger partial charge in [0.05, 0.1) is 18.3 Å². The fraction of sp³-hybridized carbons (Fsp3) is 0.0625.